The molecule has 0 unspecified atom stereocenters. The largest absolute Gasteiger partial charge is 0.418 e. The van der Waals surface area contributed by atoms with Crippen LogP contribution in [0.5, 0.6) is 0 Å². The van der Waals surface area contributed by atoms with Crippen LogP contribution in [0.4, 0.5) is 24.5 Å². The Kier molecular flexibility index (Phi) is 4.78. The molecule has 3 N–H and O–H groups in total. The zero-order chi connectivity index (χ0) is 16.5. The third-order valence-electron chi connectivity index (χ3n) is 2.34. The summed E-state index contributed by atoms with van der Waals surface area (Å²) in [6.07, 6.45) is -3.98. The van der Waals surface area contributed by atoms with E-state index in [-0.39, 0.29) is 5.69 Å². The van der Waals surface area contributed by atoms with E-state index in [0.29, 0.717) is 6.07 Å². The molecule has 1 aromatic rings. The van der Waals surface area contributed by atoms with Crippen LogP contribution in [0.25, 0.3) is 0 Å². The summed E-state index contributed by atoms with van der Waals surface area (Å²) >= 11 is 0. The van der Waals surface area contributed by atoms with Gasteiger partial charge in [-0.15, -0.1) is 0 Å². The number of nitrogens with one attached hydrogen (secondary N) is 1. The van der Waals surface area contributed by atoms with E-state index in [1.165, 1.54) is 0 Å². The van der Waals surface area contributed by atoms with Crippen LogP contribution in [-0.4, -0.2) is 34.6 Å². The standard InChI is InChI=1S/C10H13F3N2O4S2/c1-20(16,17)4-5-21(18,19)15-9-3-2-7(14)6-8(9)10(11,12)13/h2-3,6,15H,4-5,14H2,1H3. The maximum absolute atomic E-state index is 12.8. The third-order valence-corrected chi connectivity index (χ3v) is 4.81. The van der Waals surface area contributed by atoms with Crippen LogP contribution in [-0.2, 0) is 26.0 Å². The van der Waals surface area contributed by atoms with E-state index in [9.17, 15) is 30.0 Å². The summed E-state index contributed by atoms with van der Waals surface area (Å²) in [5.74, 6) is -1.54. The Morgan fingerprint density at radius 2 is 1.71 bits per heavy atom. The van der Waals surface area contributed by atoms with Crippen LogP contribution in [0, 0.1) is 0 Å². The molecule has 0 atom stereocenters. The maximum Gasteiger partial charge on any atom is 0.418 e. The van der Waals surface area contributed by atoms with Gasteiger partial charge in [-0.3, -0.25) is 4.72 Å². The minimum atomic E-state index is -4.80. The van der Waals surface area contributed by atoms with Crippen LogP contribution < -0.4 is 10.5 Å². The van der Waals surface area contributed by atoms with Gasteiger partial charge in [0.2, 0.25) is 10.0 Å². The molecule has 6 nitrogen and oxygen atoms in total. The molecule has 0 fully saturated rings. The Balaban J connectivity index is 3.08. The van der Waals surface area contributed by atoms with Gasteiger partial charge in [-0.2, -0.15) is 13.2 Å². The highest BCUT2D eigenvalue weighted by Gasteiger charge is 2.34. The fourth-order valence-electron chi connectivity index (χ4n) is 1.37. The number of sulfonamides is 1. The molecule has 0 aliphatic carbocycles. The van der Waals surface area contributed by atoms with Gasteiger partial charge in [0.05, 0.1) is 22.8 Å². The van der Waals surface area contributed by atoms with Crippen molar-refractivity contribution >= 4 is 31.2 Å². The second-order valence-electron chi connectivity index (χ2n) is 4.35. The SMILES string of the molecule is CS(=O)(=O)CCS(=O)(=O)Nc1ccc(N)cc1C(F)(F)F. The predicted octanol–water partition coefficient (Wildman–Crippen LogP) is 1.07. The second kappa shape index (κ2) is 5.72. The molecular weight excluding hydrogens is 333 g/mol. The Morgan fingerprint density at radius 1 is 1.14 bits per heavy atom. The van der Waals surface area contributed by atoms with Crippen LogP contribution in [0.1, 0.15) is 5.56 Å². The van der Waals surface area contributed by atoms with Gasteiger partial charge in [-0.25, -0.2) is 16.8 Å². The molecule has 0 spiro atoms. The van der Waals surface area contributed by atoms with E-state index in [2.05, 4.69) is 0 Å². The van der Waals surface area contributed by atoms with Gasteiger partial charge < -0.3 is 5.73 Å². The van der Waals surface area contributed by atoms with E-state index in [1.807, 2.05) is 0 Å². The first-order chi connectivity index (χ1) is 9.30. The zero-order valence-corrected chi connectivity index (χ0v) is 12.4. The molecule has 0 saturated carbocycles. The molecule has 0 aromatic heterocycles. The first-order valence-electron chi connectivity index (χ1n) is 5.45. The number of hydrogen-bond acceptors (Lipinski definition) is 5. The molecule has 0 saturated heterocycles. The van der Waals surface area contributed by atoms with Crippen LogP contribution >= 0.6 is 0 Å². The lowest BCUT2D eigenvalue weighted by atomic mass is 10.1. The van der Waals surface area contributed by atoms with Crippen molar-refractivity contribution in [2.75, 3.05) is 28.2 Å². The lowest BCUT2D eigenvalue weighted by Gasteiger charge is -2.15. The quantitative estimate of drug-likeness (QED) is 0.776. The topological polar surface area (TPSA) is 106 Å². The highest BCUT2D eigenvalue weighted by atomic mass is 32.2. The molecule has 120 valence electrons. The van der Waals surface area contributed by atoms with Crippen molar-refractivity contribution in [2.45, 2.75) is 6.18 Å². The van der Waals surface area contributed by atoms with Gasteiger partial charge >= 0.3 is 6.18 Å². The van der Waals surface area contributed by atoms with E-state index in [0.717, 1.165) is 18.4 Å². The number of nitrogen functional groups attached to an aromatic ring is 1. The molecular formula is C10H13F3N2O4S2. The first kappa shape index (κ1) is 17.6. The van der Waals surface area contributed by atoms with Crippen LogP contribution in [0.3, 0.4) is 0 Å². The number of nitrogens with two attached hydrogens (primary N) is 1. The van der Waals surface area contributed by atoms with Crippen molar-refractivity contribution in [2.24, 2.45) is 0 Å². The Bertz CT molecular complexity index is 727. The normalized spacial score (nSPS) is 13.1. The molecule has 0 amide bonds. The predicted molar refractivity (Wildman–Crippen MR) is 73.0 cm³/mol. The first-order valence-corrected chi connectivity index (χ1v) is 9.16. The van der Waals surface area contributed by atoms with Crippen LogP contribution in [0.2, 0.25) is 0 Å². The smallest absolute Gasteiger partial charge is 0.399 e. The van der Waals surface area contributed by atoms with Gasteiger partial charge in [0.1, 0.15) is 9.84 Å². The average molecular weight is 346 g/mol. The van der Waals surface area contributed by atoms with Gasteiger partial charge in [-0.1, -0.05) is 0 Å². The van der Waals surface area contributed by atoms with E-state index < -0.39 is 48.8 Å². The minimum Gasteiger partial charge on any atom is -0.399 e. The zero-order valence-electron chi connectivity index (χ0n) is 10.8. The van der Waals surface area contributed by atoms with Gasteiger partial charge in [0.15, 0.2) is 0 Å². The molecule has 0 bridgehead atoms. The van der Waals surface area contributed by atoms with E-state index >= 15 is 0 Å². The van der Waals surface area contributed by atoms with Crippen molar-refractivity contribution in [3.63, 3.8) is 0 Å². The molecule has 11 heteroatoms. The van der Waals surface area contributed by atoms with Crippen molar-refractivity contribution in [3.05, 3.63) is 23.8 Å². The number of anilines is 2. The third kappa shape index (κ3) is 5.79. The summed E-state index contributed by atoms with van der Waals surface area (Å²) < 4.78 is 85.2. The molecule has 21 heavy (non-hydrogen) atoms. The summed E-state index contributed by atoms with van der Waals surface area (Å²) in [4.78, 5) is 0. The summed E-state index contributed by atoms with van der Waals surface area (Å²) in [5.41, 5.74) is 3.12. The van der Waals surface area contributed by atoms with E-state index in [4.69, 9.17) is 5.73 Å². The average Bonchev–Trinajstić information content (AvgIpc) is 2.27. The number of halogens is 3. The molecule has 0 aliphatic heterocycles. The molecule has 0 aliphatic rings. The fourth-order valence-corrected chi connectivity index (χ4v) is 4.07. The Labute approximate surface area is 120 Å². The molecule has 1 aromatic carbocycles. The van der Waals surface area contributed by atoms with Crippen molar-refractivity contribution < 1.29 is 30.0 Å². The van der Waals surface area contributed by atoms with Crippen LogP contribution in [0.15, 0.2) is 18.2 Å². The fraction of sp³-hybridized carbons (Fsp3) is 0.400. The Morgan fingerprint density at radius 3 is 2.19 bits per heavy atom. The van der Waals surface area contributed by atoms with Gasteiger partial charge in [-0.05, 0) is 18.2 Å². The van der Waals surface area contributed by atoms with Crippen molar-refractivity contribution in [1.29, 1.82) is 0 Å². The number of rotatable bonds is 5. The van der Waals surface area contributed by atoms with Gasteiger partial charge in [0.25, 0.3) is 0 Å². The maximum atomic E-state index is 12.8. The summed E-state index contributed by atoms with van der Waals surface area (Å²) in [7, 11) is -7.79. The van der Waals surface area contributed by atoms with Crippen molar-refractivity contribution in [1.82, 2.24) is 0 Å². The molecule has 1 rings (SSSR count). The monoisotopic (exact) mass is 346 g/mol. The molecule has 0 radical (unpaired) electrons. The number of hydrogen-bond donors (Lipinski definition) is 2. The highest BCUT2D eigenvalue weighted by molar-refractivity contribution is 7.95. The number of sulfone groups is 1. The second-order valence-corrected chi connectivity index (χ2v) is 8.46. The highest BCUT2D eigenvalue weighted by Crippen LogP contribution is 2.36. The Hall–Kier alpha value is -1.49. The number of alkyl halides is 3. The lowest BCUT2D eigenvalue weighted by Crippen LogP contribution is -2.24. The summed E-state index contributed by atoms with van der Waals surface area (Å²) in [5, 5.41) is 0. The lowest BCUT2D eigenvalue weighted by molar-refractivity contribution is -0.136. The van der Waals surface area contributed by atoms with E-state index in [1.54, 1.807) is 4.72 Å². The summed E-state index contributed by atoms with van der Waals surface area (Å²) in [6.45, 7) is 0. The number of benzene rings is 1. The molecule has 0 heterocycles. The van der Waals surface area contributed by atoms with Gasteiger partial charge in [0, 0.05) is 11.9 Å². The van der Waals surface area contributed by atoms with Crippen molar-refractivity contribution in [3.8, 4) is 0 Å². The minimum absolute atomic E-state index is 0.179. The summed E-state index contributed by atoms with van der Waals surface area (Å²) in [6, 6.07) is 2.56.